The Balaban J connectivity index is 0.000000550. The van der Waals surface area contributed by atoms with E-state index < -0.39 is 0 Å². The summed E-state index contributed by atoms with van der Waals surface area (Å²) in [6.07, 6.45) is 2.24. The lowest BCUT2D eigenvalue weighted by atomic mass is 10.1. The van der Waals surface area contributed by atoms with Crippen LogP contribution in [0.5, 0.6) is 5.75 Å². The van der Waals surface area contributed by atoms with Gasteiger partial charge in [-0.15, -0.1) is 11.3 Å². The lowest BCUT2D eigenvalue weighted by molar-refractivity contribution is 0.410. The number of benzene rings is 1. The van der Waals surface area contributed by atoms with Gasteiger partial charge in [-0.2, -0.15) is 0 Å². The van der Waals surface area contributed by atoms with E-state index in [0.717, 1.165) is 17.9 Å². The van der Waals surface area contributed by atoms with Crippen molar-refractivity contribution < 1.29 is 4.74 Å². The van der Waals surface area contributed by atoms with Crippen LogP contribution in [0.1, 0.15) is 38.4 Å². The van der Waals surface area contributed by atoms with Crippen LogP contribution >= 0.6 is 11.3 Å². The van der Waals surface area contributed by atoms with Gasteiger partial charge in [0.25, 0.3) is 0 Å². The summed E-state index contributed by atoms with van der Waals surface area (Å²) in [4.78, 5) is 5.49. The number of thiazole rings is 1. The molecule has 104 valence electrons. The zero-order valence-corrected chi connectivity index (χ0v) is 13.3. The van der Waals surface area contributed by atoms with E-state index >= 15 is 0 Å². The molecule has 2 rings (SSSR count). The summed E-state index contributed by atoms with van der Waals surface area (Å²) < 4.78 is 5.40. The first kappa shape index (κ1) is 15.7. The molecule has 0 saturated heterocycles. The third kappa shape index (κ3) is 4.06. The number of nitrogens with zero attached hydrogens (tertiary/aromatic N) is 1. The fourth-order valence-corrected chi connectivity index (χ4v) is 2.56. The lowest BCUT2D eigenvalue weighted by Crippen LogP contribution is -1.91. The highest BCUT2D eigenvalue weighted by Gasteiger charge is 2.08. The molecule has 1 aromatic carbocycles. The molecule has 0 aliphatic carbocycles. The van der Waals surface area contributed by atoms with Crippen molar-refractivity contribution in [1.82, 2.24) is 4.98 Å². The first-order chi connectivity index (χ1) is 9.17. The molecular weight excluding hydrogens is 254 g/mol. The summed E-state index contributed by atoms with van der Waals surface area (Å²) in [6.45, 7) is 8.42. The Kier molecular flexibility index (Phi) is 6.57. The minimum atomic E-state index is 0.966. The zero-order valence-electron chi connectivity index (χ0n) is 12.5. The van der Waals surface area contributed by atoms with Gasteiger partial charge in [-0.1, -0.05) is 39.3 Å². The SMILES string of the molecule is CCC.CCc1ccc(-c2scnc2C)cc1OC. The van der Waals surface area contributed by atoms with Gasteiger partial charge < -0.3 is 4.74 Å². The average molecular weight is 277 g/mol. The molecule has 0 saturated carbocycles. The molecule has 1 aromatic heterocycles. The van der Waals surface area contributed by atoms with E-state index in [-0.39, 0.29) is 0 Å². The van der Waals surface area contributed by atoms with E-state index in [9.17, 15) is 0 Å². The van der Waals surface area contributed by atoms with Gasteiger partial charge >= 0.3 is 0 Å². The maximum Gasteiger partial charge on any atom is 0.122 e. The Morgan fingerprint density at radius 3 is 2.37 bits per heavy atom. The lowest BCUT2D eigenvalue weighted by Gasteiger charge is -2.08. The van der Waals surface area contributed by atoms with Gasteiger partial charge in [0.1, 0.15) is 5.75 Å². The number of methoxy groups -OCH3 is 1. The van der Waals surface area contributed by atoms with E-state index in [2.05, 4.69) is 44.0 Å². The molecule has 0 radical (unpaired) electrons. The van der Waals surface area contributed by atoms with Crippen molar-refractivity contribution in [3.63, 3.8) is 0 Å². The van der Waals surface area contributed by atoms with Gasteiger partial charge in [0, 0.05) is 0 Å². The molecule has 0 N–H and O–H groups in total. The van der Waals surface area contributed by atoms with E-state index in [1.807, 2.05) is 12.4 Å². The van der Waals surface area contributed by atoms with Crippen LogP contribution in [0.25, 0.3) is 10.4 Å². The molecule has 0 amide bonds. The number of ether oxygens (including phenoxy) is 1. The Morgan fingerprint density at radius 2 is 1.89 bits per heavy atom. The molecule has 2 nitrogen and oxygen atoms in total. The molecule has 1 heterocycles. The minimum absolute atomic E-state index is 0.966. The van der Waals surface area contributed by atoms with Gasteiger partial charge in [-0.05, 0) is 30.5 Å². The third-order valence-electron chi connectivity index (χ3n) is 2.68. The van der Waals surface area contributed by atoms with Crippen molar-refractivity contribution in [2.75, 3.05) is 7.11 Å². The molecule has 0 atom stereocenters. The second kappa shape index (κ2) is 7.95. The first-order valence-corrected chi connectivity index (χ1v) is 7.63. The second-order valence-electron chi connectivity index (χ2n) is 4.35. The summed E-state index contributed by atoms with van der Waals surface area (Å²) in [6, 6.07) is 6.37. The van der Waals surface area contributed by atoms with E-state index in [1.165, 1.54) is 22.4 Å². The molecule has 0 fully saturated rings. The van der Waals surface area contributed by atoms with E-state index in [0.29, 0.717) is 0 Å². The largest absolute Gasteiger partial charge is 0.496 e. The Morgan fingerprint density at radius 1 is 1.21 bits per heavy atom. The predicted molar refractivity (Wildman–Crippen MR) is 84.2 cm³/mol. The smallest absolute Gasteiger partial charge is 0.122 e. The normalized spacial score (nSPS) is 9.74. The standard InChI is InChI=1S/C13H15NOS.C3H8/c1-4-10-5-6-11(7-12(10)15-3)13-9(2)14-8-16-13;1-3-2/h5-8H,4H2,1-3H3;3H2,1-2H3. The molecule has 0 aliphatic heterocycles. The molecule has 2 aromatic rings. The van der Waals surface area contributed by atoms with Gasteiger partial charge in [0.15, 0.2) is 0 Å². The first-order valence-electron chi connectivity index (χ1n) is 6.75. The molecule has 0 spiro atoms. The Hall–Kier alpha value is -1.35. The highest BCUT2D eigenvalue weighted by atomic mass is 32.1. The quantitative estimate of drug-likeness (QED) is 0.778. The van der Waals surface area contributed by atoms with Crippen LogP contribution in [-0.4, -0.2) is 12.1 Å². The Labute approximate surface area is 120 Å². The van der Waals surface area contributed by atoms with Crippen LogP contribution in [0.15, 0.2) is 23.7 Å². The maximum atomic E-state index is 5.40. The Bertz CT molecular complexity index is 505. The summed E-state index contributed by atoms with van der Waals surface area (Å²) >= 11 is 1.67. The molecule has 0 unspecified atom stereocenters. The van der Waals surface area contributed by atoms with Crippen LogP contribution in [0.3, 0.4) is 0 Å². The molecular formula is C16H23NOS. The van der Waals surface area contributed by atoms with Crippen molar-refractivity contribution in [2.45, 2.75) is 40.5 Å². The van der Waals surface area contributed by atoms with Gasteiger partial charge in [0.2, 0.25) is 0 Å². The van der Waals surface area contributed by atoms with Crippen LogP contribution in [0.4, 0.5) is 0 Å². The van der Waals surface area contributed by atoms with Crippen LogP contribution in [0.2, 0.25) is 0 Å². The summed E-state index contributed by atoms with van der Waals surface area (Å²) in [5.74, 6) is 0.966. The molecule has 0 bridgehead atoms. The van der Waals surface area contributed by atoms with Crippen molar-refractivity contribution >= 4 is 11.3 Å². The fraction of sp³-hybridized carbons (Fsp3) is 0.438. The summed E-state index contributed by atoms with van der Waals surface area (Å²) in [5, 5.41) is 0. The molecule has 0 aliphatic rings. The number of rotatable bonds is 3. The number of hydrogen-bond donors (Lipinski definition) is 0. The van der Waals surface area contributed by atoms with Gasteiger partial charge in [-0.25, -0.2) is 4.98 Å². The van der Waals surface area contributed by atoms with Crippen LogP contribution < -0.4 is 4.74 Å². The molecule has 3 heteroatoms. The summed E-state index contributed by atoms with van der Waals surface area (Å²) in [5.41, 5.74) is 5.39. The predicted octanol–water partition coefficient (Wildman–Crippen LogP) is 5.11. The maximum absolute atomic E-state index is 5.40. The number of hydrogen-bond acceptors (Lipinski definition) is 3. The third-order valence-corrected chi connectivity index (χ3v) is 3.65. The molecule has 19 heavy (non-hydrogen) atoms. The number of aryl methyl sites for hydroxylation is 2. The summed E-state index contributed by atoms with van der Waals surface area (Å²) in [7, 11) is 1.72. The minimum Gasteiger partial charge on any atom is -0.496 e. The number of aromatic nitrogens is 1. The van der Waals surface area contributed by atoms with Crippen molar-refractivity contribution in [2.24, 2.45) is 0 Å². The monoisotopic (exact) mass is 277 g/mol. The van der Waals surface area contributed by atoms with Gasteiger partial charge in [-0.3, -0.25) is 0 Å². The van der Waals surface area contributed by atoms with E-state index in [4.69, 9.17) is 4.74 Å². The topological polar surface area (TPSA) is 22.1 Å². The van der Waals surface area contributed by atoms with Crippen molar-refractivity contribution in [3.05, 3.63) is 35.0 Å². The highest BCUT2D eigenvalue weighted by Crippen LogP contribution is 2.31. The fourth-order valence-electron chi connectivity index (χ4n) is 1.76. The zero-order chi connectivity index (χ0) is 14.3. The van der Waals surface area contributed by atoms with Crippen LogP contribution in [0, 0.1) is 6.92 Å². The van der Waals surface area contributed by atoms with Crippen molar-refractivity contribution in [1.29, 1.82) is 0 Å². The average Bonchev–Trinajstić information content (AvgIpc) is 2.85. The van der Waals surface area contributed by atoms with Gasteiger partial charge in [0.05, 0.1) is 23.2 Å². The van der Waals surface area contributed by atoms with Crippen molar-refractivity contribution in [3.8, 4) is 16.2 Å². The van der Waals surface area contributed by atoms with E-state index in [1.54, 1.807) is 18.4 Å². The highest BCUT2D eigenvalue weighted by molar-refractivity contribution is 7.13. The van der Waals surface area contributed by atoms with Crippen LogP contribution in [-0.2, 0) is 6.42 Å². The second-order valence-corrected chi connectivity index (χ2v) is 5.21.